The molecule has 0 spiro atoms. The minimum absolute atomic E-state index is 0.00628. The molecule has 184 valence electrons. The van der Waals surface area contributed by atoms with Gasteiger partial charge in [-0.05, 0) is 41.8 Å². The van der Waals surface area contributed by atoms with Crippen molar-refractivity contribution < 1.29 is 18.3 Å². The fourth-order valence-electron chi connectivity index (χ4n) is 4.03. The number of halogens is 1. The van der Waals surface area contributed by atoms with Gasteiger partial charge in [0.2, 0.25) is 10.0 Å². The van der Waals surface area contributed by atoms with Gasteiger partial charge in [0, 0.05) is 38.6 Å². The molecule has 0 aliphatic rings. The summed E-state index contributed by atoms with van der Waals surface area (Å²) < 4.78 is 30.6. The van der Waals surface area contributed by atoms with Crippen molar-refractivity contribution >= 4 is 38.6 Å². The second-order valence-electron chi connectivity index (χ2n) is 8.44. The van der Waals surface area contributed by atoms with Crippen LogP contribution < -0.4 is 0 Å². The molecule has 1 unspecified atom stereocenters. The quantitative estimate of drug-likeness (QED) is 0.381. The minimum atomic E-state index is -3.81. The van der Waals surface area contributed by atoms with Crippen molar-refractivity contribution in [1.82, 2.24) is 29.1 Å². The van der Waals surface area contributed by atoms with E-state index in [1.165, 1.54) is 22.2 Å². The van der Waals surface area contributed by atoms with E-state index in [0.717, 1.165) is 11.1 Å². The number of carboxylic acid groups (broad SMARTS) is 1. The monoisotopic (exact) mass is 516 g/mol. The van der Waals surface area contributed by atoms with Gasteiger partial charge in [-0.1, -0.05) is 35.0 Å². The van der Waals surface area contributed by atoms with Crippen LogP contribution in [0.5, 0.6) is 0 Å². The molecular formula is C23H25ClN6O4S. The number of carbonyl (C=O) groups is 1. The lowest BCUT2D eigenvalue weighted by atomic mass is 9.87. The average Bonchev–Trinajstić information content (AvgIpc) is 3.35. The second-order valence-corrected chi connectivity index (χ2v) is 10.9. The summed E-state index contributed by atoms with van der Waals surface area (Å²) in [4.78, 5) is 11.8. The summed E-state index contributed by atoms with van der Waals surface area (Å²) in [7, 11) is 1.12. The van der Waals surface area contributed by atoms with Crippen molar-refractivity contribution in [2.24, 2.45) is 14.1 Å². The number of aliphatic carboxylic acids is 1. The topological polar surface area (TPSA) is 123 Å². The number of rotatable bonds is 8. The van der Waals surface area contributed by atoms with Crippen LogP contribution in [-0.2, 0) is 35.5 Å². The first-order chi connectivity index (χ1) is 16.5. The Morgan fingerprint density at radius 3 is 2.49 bits per heavy atom. The Morgan fingerprint density at radius 2 is 1.83 bits per heavy atom. The highest BCUT2D eigenvalue weighted by Crippen LogP contribution is 2.33. The minimum Gasteiger partial charge on any atom is -0.481 e. The fraction of sp³-hybridized carbons (Fsp3) is 0.304. The molecule has 4 aromatic rings. The predicted molar refractivity (Wildman–Crippen MR) is 131 cm³/mol. The molecule has 1 atom stereocenters. The Labute approximate surface area is 207 Å². The third kappa shape index (κ3) is 4.79. The largest absolute Gasteiger partial charge is 0.481 e. The summed E-state index contributed by atoms with van der Waals surface area (Å²) in [5.41, 5.74) is 4.05. The highest BCUT2D eigenvalue weighted by molar-refractivity contribution is 7.89. The maximum absolute atomic E-state index is 13.1. The molecular weight excluding hydrogens is 492 g/mol. The van der Waals surface area contributed by atoms with Gasteiger partial charge in [-0.3, -0.25) is 9.48 Å². The van der Waals surface area contributed by atoms with Crippen LogP contribution in [0.3, 0.4) is 0 Å². The van der Waals surface area contributed by atoms with Gasteiger partial charge in [-0.15, -0.1) is 5.10 Å². The van der Waals surface area contributed by atoms with Gasteiger partial charge in [0.15, 0.2) is 0 Å². The predicted octanol–water partition coefficient (Wildman–Crippen LogP) is 3.09. The van der Waals surface area contributed by atoms with Gasteiger partial charge < -0.3 is 5.11 Å². The summed E-state index contributed by atoms with van der Waals surface area (Å²) in [5.74, 6) is -1.45. The summed E-state index contributed by atoms with van der Waals surface area (Å²) in [6, 6.07) is 10.7. The summed E-state index contributed by atoms with van der Waals surface area (Å²) in [6.45, 7) is 1.69. The molecule has 12 heteroatoms. The zero-order valence-electron chi connectivity index (χ0n) is 19.7. The van der Waals surface area contributed by atoms with Crippen molar-refractivity contribution in [2.45, 2.75) is 30.7 Å². The lowest BCUT2D eigenvalue weighted by Crippen LogP contribution is -2.27. The van der Waals surface area contributed by atoms with Crippen molar-refractivity contribution in [3.63, 3.8) is 0 Å². The first-order valence-corrected chi connectivity index (χ1v) is 12.5. The molecule has 2 aromatic heterocycles. The normalized spacial score (nSPS) is 13.0. The molecule has 4 rings (SSSR count). The van der Waals surface area contributed by atoms with Gasteiger partial charge in [0.1, 0.15) is 10.4 Å². The maximum atomic E-state index is 13.1. The van der Waals surface area contributed by atoms with Crippen molar-refractivity contribution in [3.05, 3.63) is 70.0 Å². The Balaban J connectivity index is 1.70. The molecule has 2 aromatic carbocycles. The Bertz CT molecular complexity index is 1530. The summed E-state index contributed by atoms with van der Waals surface area (Å²) >= 11 is 6.43. The third-order valence-corrected chi connectivity index (χ3v) is 8.43. The molecule has 0 radical (unpaired) electrons. The van der Waals surface area contributed by atoms with Crippen LogP contribution >= 0.6 is 11.6 Å². The number of carboxylic acids is 1. The Morgan fingerprint density at radius 1 is 1.14 bits per heavy atom. The lowest BCUT2D eigenvalue weighted by molar-refractivity contribution is -0.137. The van der Waals surface area contributed by atoms with Crippen LogP contribution in [-0.4, -0.2) is 55.6 Å². The fourth-order valence-corrected chi connectivity index (χ4v) is 5.54. The van der Waals surface area contributed by atoms with Crippen LogP contribution in [0.2, 0.25) is 5.02 Å². The smallest absolute Gasteiger partial charge is 0.304 e. The zero-order chi connectivity index (χ0) is 25.5. The van der Waals surface area contributed by atoms with E-state index >= 15 is 0 Å². The summed E-state index contributed by atoms with van der Waals surface area (Å²) in [5, 5.41) is 22.2. The van der Waals surface area contributed by atoms with Crippen LogP contribution in [0.4, 0.5) is 0 Å². The van der Waals surface area contributed by atoms with E-state index in [1.54, 1.807) is 43.9 Å². The molecule has 0 fully saturated rings. The van der Waals surface area contributed by atoms with Crippen LogP contribution in [0.15, 0.2) is 47.5 Å². The van der Waals surface area contributed by atoms with Crippen molar-refractivity contribution in [3.8, 4) is 0 Å². The molecule has 0 aliphatic heterocycles. The van der Waals surface area contributed by atoms with Crippen molar-refractivity contribution in [2.75, 3.05) is 7.05 Å². The second kappa shape index (κ2) is 9.40. The van der Waals surface area contributed by atoms with Gasteiger partial charge in [-0.2, -0.15) is 9.40 Å². The highest BCUT2D eigenvalue weighted by atomic mass is 35.5. The number of nitrogens with zero attached hydrogens (tertiary/aromatic N) is 6. The molecule has 0 aliphatic carbocycles. The number of sulfonamides is 1. The van der Waals surface area contributed by atoms with E-state index in [0.29, 0.717) is 27.4 Å². The van der Waals surface area contributed by atoms with Crippen LogP contribution in [0.25, 0.3) is 11.0 Å². The molecule has 0 saturated heterocycles. The lowest BCUT2D eigenvalue weighted by Gasteiger charge is -2.21. The number of hydrogen-bond acceptors (Lipinski definition) is 6. The highest BCUT2D eigenvalue weighted by Gasteiger charge is 2.27. The molecule has 35 heavy (non-hydrogen) atoms. The average molecular weight is 517 g/mol. The van der Waals surface area contributed by atoms with E-state index in [2.05, 4.69) is 15.4 Å². The van der Waals surface area contributed by atoms with E-state index < -0.39 is 21.9 Å². The van der Waals surface area contributed by atoms with Gasteiger partial charge in [0.05, 0.1) is 23.8 Å². The summed E-state index contributed by atoms with van der Waals surface area (Å²) in [6.07, 6.45) is 1.17. The van der Waals surface area contributed by atoms with Gasteiger partial charge in [0.25, 0.3) is 0 Å². The molecule has 2 heterocycles. The van der Waals surface area contributed by atoms with E-state index in [-0.39, 0.29) is 17.9 Å². The molecule has 0 saturated carbocycles. The first-order valence-electron chi connectivity index (χ1n) is 10.7. The third-order valence-electron chi connectivity index (χ3n) is 6.16. The molecule has 1 N–H and O–H groups in total. The number of aryl methyl sites for hydroxylation is 2. The molecule has 10 nitrogen and oxygen atoms in total. The van der Waals surface area contributed by atoms with Gasteiger partial charge >= 0.3 is 5.97 Å². The Kier molecular flexibility index (Phi) is 6.67. The standard InChI is InChI=1S/C23H25ClN6O4S/c1-14-22(12-25-29(14)3)35(33,34)28(2)13-17-9-15(5-7-19(17)24)18(11-23(31)32)16-6-8-21-20(10-16)26-27-30(21)4/h5-10,12,18H,11,13H2,1-4H3,(H,31,32). The number of benzene rings is 2. The van der Waals surface area contributed by atoms with E-state index in [4.69, 9.17) is 11.6 Å². The zero-order valence-corrected chi connectivity index (χ0v) is 21.2. The Hall–Kier alpha value is -3.28. The van der Waals surface area contributed by atoms with Crippen LogP contribution in [0.1, 0.15) is 34.7 Å². The van der Waals surface area contributed by atoms with Gasteiger partial charge in [-0.25, -0.2) is 13.1 Å². The molecule has 0 amide bonds. The van der Waals surface area contributed by atoms with E-state index in [1.807, 2.05) is 18.2 Å². The van der Waals surface area contributed by atoms with Crippen LogP contribution in [0, 0.1) is 6.92 Å². The number of hydrogen-bond donors (Lipinski definition) is 1. The van der Waals surface area contributed by atoms with Crippen molar-refractivity contribution in [1.29, 1.82) is 0 Å². The SMILES string of the molecule is Cc1c(S(=O)(=O)N(C)Cc2cc(C(CC(=O)O)c3ccc4c(c3)nnn4C)ccc2Cl)cnn1C. The van der Waals surface area contributed by atoms with E-state index in [9.17, 15) is 18.3 Å². The number of fused-ring (bicyclic) bond motifs is 1. The molecule has 0 bridgehead atoms. The maximum Gasteiger partial charge on any atom is 0.304 e. The number of aromatic nitrogens is 5. The first kappa shape index (κ1) is 24.8.